The lowest BCUT2D eigenvalue weighted by Gasteiger charge is -2.12. The van der Waals surface area contributed by atoms with Gasteiger partial charge in [-0.1, -0.05) is 34.1 Å². The lowest BCUT2D eigenvalue weighted by Crippen LogP contribution is -1.91. The summed E-state index contributed by atoms with van der Waals surface area (Å²) in [6.07, 6.45) is 0. The number of alkyl halides is 1. The Bertz CT molecular complexity index is 561. The van der Waals surface area contributed by atoms with Crippen LogP contribution >= 0.6 is 15.9 Å². The Hall–Kier alpha value is -1.28. The van der Waals surface area contributed by atoms with E-state index in [9.17, 15) is 0 Å². The first-order chi connectivity index (χ1) is 8.61. The molecule has 0 radical (unpaired) electrons. The zero-order valence-electron chi connectivity index (χ0n) is 11.0. The third-order valence-electron chi connectivity index (χ3n) is 3.24. The summed E-state index contributed by atoms with van der Waals surface area (Å²) in [6, 6.07) is 12.3. The van der Waals surface area contributed by atoms with E-state index >= 15 is 0 Å². The van der Waals surface area contributed by atoms with Crippen molar-refractivity contribution >= 4 is 15.9 Å². The van der Waals surface area contributed by atoms with E-state index in [1.165, 1.54) is 22.3 Å². The normalized spacial score (nSPS) is 10.4. The van der Waals surface area contributed by atoms with Crippen LogP contribution in [0, 0.1) is 20.8 Å². The second-order valence-corrected chi connectivity index (χ2v) is 5.08. The van der Waals surface area contributed by atoms with E-state index < -0.39 is 0 Å². The summed E-state index contributed by atoms with van der Waals surface area (Å²) >= 11 is 3.48. The van der Waals surface area contributed by atoms with Crippen LogP contribution in [0.1, 0.15) is 22.3 Å². The summed E-state index contributed by atoms with van der Waals surface area (Å²) in [5.41, 5.74) is 4.99. The fourth-order valence-corrected chi connectivity index (χ4v) is 2.47. The van der Waals surface area contributed by atoms with Crippen LogP contribution in [0.3, 0.4) is 0 Å². The van der Waals surface area contributed by atoms with E-state index in [2.05, 4.69) is 54.9 Å². The first kappa shape index (κ1) is 13.2. The van der Waals surface area contributed by atoms with Gasteiger partial charge in [-0.15, -0.1) is 0 Å². The Kier molecular flexibility index (Phi) is 4.07. The molecule has 0 saturated heterocycles. The van der Waals surface area contributed by atoms with Crippen LogP contribution in [-0.4, -0.2) is 0 Å². The van der Waals surface area contributed by atoms with Gasteiger partial charge in [-0.3, -0.25) is 0 Å². The highest BCUT2D eigenvalue weighted by Gasteiger charge is 2.05. The molecule has 0 heterocycles. The molecule has 0 N–H and O–H groups in total. The molecule has 94 valence electrons. The Morgan fingerprint density at radius 2 is 1.78 bits per heavy atom. The van der Waals surface area contributed by atoms with Gasteiger partial charge in [-0.25, -0.2) is 0 Å². The molecule has 0 aliphatic rings. The molecule has 0 amide bonds. The fourth-order valence-electron chi connectivity index (χ4n) is 1.84. The van der Waals surface area contributed by atoms with E-state index in [1.807, 2.05) is 18.2 Å². The molecule has 0 atom stereocenters. The number of benzene rings is 2. The van der Waals surface area contributed by atoms with Gasteiger partial charge in [0.15, 0.2) is 0 Å². The van der Waals surface area contributed by atoms with Gasteiger partial charge in [-0.2, -0.15) is 0 Å². The summed E-state index contributed by atoms with van der Waals surface area (Å²) in [7, 11) is 0. The Balaban J connectivity index is 2.29. The van der Waals surface area contributed by atoms with Crippen molar-refractivity contribution in [2.45, 2.75) is 26.1 Å². The molecule has 2 aromatic rings. The van der Waals surface area contributed by atoms with E-state index in [0.717, 1.165) is 16.8 Å². The molecule has 0 unspecified atom stereocenters. The average molecular weight is 305 g/mol. The van der Waals surface area contributed by atoms with Crippen LogP contribution in [0.2, 0.25) is 0 Å². The fraction of sp³-hybridized carbons (Fsp3) is 0.250. The van der Waals surface area contributed by atoms with E-state index in [0.29, 0.717) is 0 Å². The van der Waals surface area contributed by atoms with Crippen molar-refractivity contribution in [1.29, 1.82) is 0 Å². The standard InChI is InChI=1S/C16H17BrO/c1-11-5-4-6-16(13(11)3)18-15-8-7-14(10-17)12(2)9-15/h4-9H,10H2,1-3H3. The van der Waals surface area contributed by atoms with Gasteiger partial charge >= 0.3 is 0 Å². The zero-order valence-corrected chi connectivity index (χ0v) is 12.5. The largest absolute Gasteiger partial charge is 0.457 e. The van der Waals surface area contributed by atoms with Crippen LogP contribution in [-0.2, 0) is 5.33 Å². The summed E-state index contributed by atoms with van der Waals surface area (Å²) < 4.78 is 5.95. The minimum Gasteiger partial charge on any atom is -0.457 e. The topological polar surface area (TPSA) is 9.23 Å². The first-order valence-corrected chi connectivity index (χ1v) is 7.13. The molecule has 2 aromatic carbocycles. The average Bonchev–Trinajstić information content (AvgIpc) is 2.35. The highest BCUT2D eigenvalue weighted by Crippen LogP contribution is 2.28. The molecule has 18 heavy (non-hydrogen) atoms. The first-order valence-electron chi connectivity index (χ1n) is 6.01. The quantitative estimate of drug-likeness (QED) is 0.699. The zero-order chi connectivity index (χ0) is 13.1. The second-order valence-electron chi connectivity index (χ2n) is 4.52. The van der Waals surface area contributed by atoms with Gasteiger partial charge in [0.2, 0.25) is 0 Å². The molecular formula is C16H17BrO. The summed E-state index contributed by atoms with van der Waals surface area (Å²) in [5, 5.41) is 0.878. The third kappa shape index (κ3) is 2.75. The predicted octanol–water partition coefficient (Wildman–Crippen LogP) is 5.30. The molecule has 0 bridgehead atoms. The summed E-state index contributed by atoms with van der Waals surface area (Å²) in [6.45, 7) is 6.29. The maximum absolute atomic E-state index is 5.95. The van der Waals surface area contributed by atoms with Crippen LogP contribution in [0.5, 0.6) is 11.5 Å². The minimum atomic E-state index is 0.878. The highest BCUT2D eigenvalue weighted by molar-refractivity contribution is 9.08. The third-order valence-corrected chi connectivity index (χ3v) is 3.84. The van der Waals surface area contributed by atoms with Gasteiger partial charge in [0.05, 0.1) is 0 Å². The molecule has 2 rings (SSSR count). The van der Waals surface area contributed by atoms with E-state index in [-0.39, 0.29) is 0 Å². The van der Waals surface area contributed by atoms with Crippen molar-refractivity contribution in [2.75, 3.05) is 0 Å². The Morgan fingerprint density at radius 3 is 2.44 bits per heavy atom. The predicted molar refractivity (Wildman–Crippen MR) is 79.8 cm³/mol. The monoisotopic (exact) mass is 304 g/mol. The van der Waals surface area contributed by atoms with Crippen molar-refractivity contribution < 1.29 is 4.74 Å². The van der Waals surface area contributed by atoms with Gasteiger partial charge in [-0.05, 0) is 61.2 Å². The molecular weight excluding hydrogens is 288 g/mol. The number of halogens is 1. The van der Waals surface area contributed by atoms with Gasteiger partial charge < -0.3 is 4.74 Å². The number of ether oxygens (including phenoxy) is 1. The van der Waals surface area contributed by atoms with Gasteiger partial charge in [0.25, 0.3) is 0 Å². The number of hydrogen-bond donors (Lipinski definition) is 0. The smallest absolute Gasteiger partial charge is 0.130 e. The molecule has 0 fully saturated rings. The molecule has 0 aliphatic carbocycles. The van der Waals surface area contributed by atoms with Crippen molar-refractivity contribution in [3.05, 3.63) is 58.7 Å². The van der Waals surface area contributed by atoms with Crippen LogP contribution in [0.4, 0.5) is 0 Å². The maximum Gasteiger partial charge on any atom is 0.130 e. The lowest BCUT2D eigenvalue weighted by atomic mass is 10.1. The Labute approximate surface area is 117 Å². The molecule has 1 nitrogen and oxygen atoms in total. The number of aryl methyl sites for hydroxylation is 2. The summed E-state index contributed by atoms with van der Waals surface area (Å²) in [4.78, 5) is 0. The van der Waals surface area contributed by atoms with Gasteiger partial charge in [0.1, 0.15) is 11.5 Å². The van der Waals surface area contributed by atoms with Crippen LogP contribution in [0.15, 0.2) is 36.4 Å². The highest BCUT2D eigenvalue weighted by atomic mass is 79.9. The van der Waals surface area contributed by atoms with Crippen LogP contribution in [0.25, 0.3) is 0 Å². The van der Waals surface area contributed by atoms with Gasteiger partial charge in [0, 0.05) is 5.33 Å². The Morgan fingerprint density at radius 1 is 1.00 bits per heavy atom. The SMILES string of the molecule is Cc1cc(Oc2cccc(C)c2C)ccc1CBr. The second kappa shape index (κ2) is 5.57. The van der Waals surface area contributed by atoms with Crippen molar-refractivity contribution in [1.82, 2.24) is 0 Å². The van der Waals surface area contributed by atoms with Crippen molar-refractivity contribution in [3.63, 3.8) is 0 Å². The number of rotatable bonds is 3. The summed E-state index contributed by atoms with van der Waals surface area (Å²) in [5.74, 6) is 1.83. The minimum absolute atomic E-state index is 0.878. The van der Waals surface area contributed by atoms with E-state index in [4.69, 9.17) is 4.74 Å². The molecule has 2 heteroatoms. The number of hydrogen-bond acceptors (Lipinski definition) is 1. The van der Waals surface area contributed by atoms with E-state index in [1.54, 1.807) is 0 Å². The molecule has 0 aliphatic heterocycles. The molecule has 0 saturated carbocycles. The lowest BCUT2D eigenvalue weighted by molar-refractivity contribution is 0.478. The van der Waals surface area contributed by atoms with Crippen LogP contribution < -0.4 is 4.74 Å². The van der Waals surface area contributed by atoms with Crippen molar-refractivity contribution in [3.8, 4) is 11.5 Å². The maximum atomic E-state index is 5.95. The molecule has 0 aromatic heterocycles. The van der Waals surface area contributed by atoms with Crippen molar-refractivity contribution in [2.24, 2.45) is 0 Å². The molecule has 0 spiro atoms.